The summed E-state index contributed by atoms with van der Waals surface area (Å²) in [7, 11) is 1.65. The van der Waals surface area contributed by atoms with Gasteiger partial charge in [-0.2, -0.15) is 0 Å². The quantitative estimate of drug-likeness (QED) is 0.625. The molecular formula is C21H25NO6. The van der Waals surface area contributed by atoms with Crippen LogP contribution in [0.25, 0.3) is 0 Å². The first-order chi connectivity index (χ1) is 13.6. The second-order valence-electron chi connectivity index (χ2n) is 7.90. The molecule has 2 heterocycles. The molecule has 0 saturated carbocycles. The average molecular weight is 387 g/mol. The third-order valence-electron chi connectivity index (χ3n) is 6.80. The van der Waals surface area contributed by atoms with Crippen molar-refractivity contribution >= 4 is 6.16 Å². The molecule has 1 unspecified atom stereocenters. The third-order valence-corrected chi connectivity index (χ3v) is 6.80. The number of methoxy groups -OCH3 is 1. The van der Waals surface area contributed by atoms with E-state index >= 15 is 0 Å². The Hall–Kier alpha value is -2.25. The van der Waals surface area contributed by atoms with Crippen molar-refractivity contribution in [3.8, 4) is 11.5 Å². The number of rotatable bonds is 4. The van der Waals surface area contributed by atoms with Crippen molar-refractivity contribution in [2.45, 2.75) is 43.4 Å². The lowest BCUT2D eigenvalue weighted by atomic mass is 9.53. The predicted molar refractivity (Wildman–Crippen MR) is 99.5 cm³/mol. The van der Waals surface area contributed by atoms with E-state index in [1.54, 1.807) is 14.0 Å². The molecule has 4 aliphatic rings. The number of piperidine rings is 1. The van der Waals surface area contributed by atoms with E-state index in [4.69, 9.17) is 18.9 Å². The van der Waals surface area contributed by atoms with Gasteiger partial charge in [-0.15, -0.1) is 0 Å². The molecule has 150 valence electrons. The molecule has 1 aromatic carbocycles. The van der Waals surface area contributed by atoms with Crippen LogP contribution in [0.3, 0.4) is 0 Å². The number of carbonyl (C=O) groups is 1. The van der Waals surface area contributed by atoms with Crippen LogP contribution in [0.15, 0.2) is 24.3 Å². The Morgan fingerprint density at radius 2 is 2.21 bits per heavy atom. The molecule has 28 heavy (non-hydrogen) atoms. The minimum absolute atomic E-state index is 0.171. The predicted octanol–water partition coefficient (Wildman–Crippen LogP) is 2.00. The van der Waals surface area contributed by atoms with Gasteiger partial charge in [0.25, 0.3) is 0 Å². The Kier molecular flexibility index (Phi) is 4.07. The van der Waals surface area contributed by atoms with Crippen LogP contribution >= 0.6 is 0 Å². The zero-order valence-electron chi connectivity index (χ0n) is 16.1. The molecule has 7 heteroatoms. The molecule has 0 aromatic heterocycles. The van der Waals surface area contributed by atoms with Gasteiger partial charge in [-0.25, -0.2) is 4.79 Å². The Bertz CT molecular complexity index is 838. The van der Waals surface area contributed by atoms with E-state index in [9.17, 15) is 9.90 Å². The highest BCUT2D eigenvalue weighted by molar-refractivity contribution is 5.62. The van der Waals surface area contributed by atoms with E-state index < -0.39 is 12.3 Å². The molecule has 0 amide bonds. The molecular weight excluding hydrogens is 362 g/mol. The fourth-order valence-corrected chi connectivity index (χ4v) is 5.74. The maximum absolute atomic E-state index is 11.7. The minimum atomic E-state index is -0.651. The molecule has 1 N–H and O–H groups in total. The number of benzene rings is 1. The van der Waals surface area contributed by atoms with Gasteiger partial charge < -0.3 is 24.1 Å². The highest BCUT2D eigenvalue weighted by Gasteiger charge is 2.64. The molecule has 5 atom stereocenters. The summed E-state index contributed by atoms with van der Waals surface area (Å²) >= 11 is 0. The van der Waals surface area contributed by atoms with Crippen molar-refractivity contribution in [3.63, 3.8) is 0 Å². The van der Waals surface area contributed by atoms with Crippen molar-refractivity contribution in [2.24, 2.45) is 5.92 Å². The van der Waals surface area contributed by atoms with Crippen LogP contribution in [0.1, 0.15) is 24.5 Å². The lowest BCUT2D eigenvalue weighted by Gasteiger charge is -2.56. The Morgan fingerprint density at radius 1 is 1.36 bits per heavy atom. The van der Waals surface area contributed by atoms with Crippen molar-refractivity contribution in [2.75, 3.05) is 27.0 Å². The van der Waals surface area contributed by atoms with Crippen LogP contribution in [0.4, 0.5) is 4.79 Å². The number of aliphatic hydroxyl groups is 1. The molecule has 2 aliphatic carbocycles. The lowest BCUT2D eigenvalue weighted by molar-refractivity contribution is -0.0793. The first-order valence-corrected chi connectivity index (χ1v) is 9.87. The normalized spacial score (nSPS) is 34.4. The van der Waals surface area contributed by atoms with Crippen molar-refractivity contribution < 1.29 is 28.8 Å². The van der Waals surface area contributed by atoms with Crippen molar-refractivity contribution in [1.29, 1.82) is 0 Å². The smallest absolute Gasteiger partial charge is 0.493 e. The van der Waals surface area contributed by atoms with Gasteiger partial charge >= 0.3 is 6.16 Å². The first-order valence-electron chi connectivity index (χ1n) is 9.87. The zero-order valence-corrected chi connectivity index (χ0v) is 16.1. The van der Waals surface area contributed by atoms with E-state index in [0.717, 1.165) is 30.9 Å². The molecule has 7 nitrogen and oxygen atoms in total. The van der Waals surface area contributed by atoms with Crippen LogP contribution < -0.4 is 9.47 Å². The number of hydrogen-bond donors (Lipinski definition) is 1. The Balaban J connectivity index is 1.54. The van der Waals surface area contributed by atoms with E-state index in [1.807, 2.05) is 12.1 Å². The summed E-state index contributed by atoms with van der Waals surface area (Å²) in [6.45, 7) is 3.02. The van der Waals surface area contributed by atoms with Crippen molar-refractivity contribution in [3.05, 3.63) is 35.4 Å². The molecule has 1 aromatic rings. The molecule has 1 saturated heterocycles. The topological polar surface area (TPSA) is 77.5 Å². The number of carbonyl (C=O) groups excluding carboxylic acids is 1. The van der Waals surface area contributed by atoms with Gasteiger partial charge in [0.2, 0.25) is 0 Å². The molecule has 0 radical (unpaired) electrons. The Morgan fingerprint density at radius 3 is 3.00 bits per heavy atom. The number of likely N-dealkylation sites (tertiary alicyclic amines) is 1. The fraction of sp³-hybridized carbons (Fsp3) is 0.571. The van der Waals surface area contributed by atoms with E-state index in [0.29, 0.717) is 6.61 Å². The summed E-state index contributed by atoms with van der Waals surface area (Å²) < 4.78 is 22.1. The van der Waals surface area contributed by atoms with Gasteiger partial charge in [-0.3, -0.25) is 4.90 Å². The third kappa shape index (κ3) is 2.26. The van der Waals surface area contributed by atoms with Gasteiger partial charge in [0, 0.05) is 29.5 Å². The largest absolute Gasteiger partial charge is 0.509 e. The maximum atomic E-state index is 11.7. The molecule has 1 spiro atoms. The number of nitrogens with zero attached hydrogens (tertiary/aromatic N) is 1. The second-order valence-corrected chi connectivity index (χ2v) is 7.90. The summed E-state index contributed by atoms with van der Waals surface area (Å²) in [5.41, 5.74) is 2.16. The lowest BCUT2D eigenvalue weighted by Crippen LogP contribution is -2.65. The molecule has 1 fully saturated rings. The SMILES string of the molecule is CCOC(=O)OCN1CC[C@]23c4c5ccc(OC)c4O[C@H]2[C@@H](O)C=C[C@H]3C1C5. The number of hydrogen-bond acceptors (Lipinski definition) is 7. The van der Waals surface area contributed by atoms with Gasteiger partial charge in [0.15, 0.2) is 11.5 Å². The van der Waals surface area contributed by atoms with Crippen LogP contribution in [0, 0.1) is 5.92 Å². The first kappa shape index (κ1) is 17.8. The highest BCUT2D eigenvalue weighted by Crippen LogP contribution is 2.62. The van der Waals surface area contributed by atoms with Gasteiger partial charge in [0.05, 0.1) is 13.7 Å². The summed E-state index contributed by atoms with van der Waals surface area (Å²) in [5.74, 6) is 1.69. The van der Waals surface area contributed by atoms with E-state index in [2.05, 4.69) is 17.0 Å². The maximum Gasteiger partial charge on any atom is 0.509 e. The van der Waals surface area contributed by atoms with Crippen LogP contribution in [0.2, 0.25) is 0 Å². The molecule has 2 aliphatic heterocycles. The van der Waals surface area contributed by atoms with E-state index in [1.165, 1.54) is 11.1 Å². The zero-order chi connectivity index (χ0) is 19.5. The molecule has 5 rings (SSSR count). The summed E-state index contributed by atoms with van der Waals surface area (Å²) in [6, 6.07) is 4.22. The summed E-state index contributed by atoms with van der Waals surface area (Å²) in [6.07, 6.45) is 4.03. The average Bonchev–Trinajstić information content (AvgIpc) is 3.04. The molecule has 2 bridgehead atoms. The van der Waals surface area contributed by atoms with Gasteiger partial charge in [-0.1, -0.05) is 18.2 Å². The Labute approximate surface area is 163 Å². The monoisotopic (exact) mass is 387 g/mol. The van der Waals surface area contributed by atoms with E-state index in [-0.39, 0.29) is 30.2 Å². The van der Waals surface area contributed by atoms with Crippen LogP contribution in [-0.2, 0) is 21.3 Å². The number of ether oxygens (including phenoxy) is 4. The van der Waals surface area contributed by atoms with Crippen LogP contribution in [0.5, 0.6) is 11.5 Å². The minimum Gasteiger partial charge on any atom is -0.493 e. The summed E-state index contributed by atoms with van der Waals surface area (Å²) in [5, 5.41) is 10.7. The van der Waals surface area contributed by atoms with Gasteiger partial charge in [-0.05, 0) is 31.4 Å². The van der Waals surface area contributed by atoms with Crippen molar-refractivity contribution in [1.82, 2.24) is 4.90 Å². The second kappa shape index (κ2) is 6.39. The fourth-order valence-electron chi connectivity index (χ4n) is 5.74. The standard InChI is InChI=1S/C21H25NO6/c1-3-26-20(24)27-11-22-9-8-21-13-5-6-15(23)19(21)28-18-16(25-2)7-4-12(17(18)21)10-14(13)22/h4-7,13-15,19,23H,3,8-11H2,1-2H3/t13-,14?,15-,19-,21-/m0/s1. The van der Waals surface area contributed by atoms with Crippen LogP contribution in [-0.4, -0.2) is 61.4 Å². The highest BCUT2D eigenvalue weighted by atomic mass is 16.7. The van der Waals surface area contributed by atoms with Gasteiger partial charge in [0.1, 0.15) is 18.9 Å². The number of aliphatic hydroxyl groups excluding tert-OH is 1. The summed E-state index contributed by atoms with van der Waals surface area (Å²) in [4.78, 5) is 13.9.